The zero-order valence-corrected chi connectivity index (χ0v) is 19.8. The number of nitro groups is 1. The first-order chi connectivity index (χ1) is 17.4. The Bertz CT molecular complexity index is 1500. The SMILES string of the molecule is CC(Cc1c[nH]c2ccccc12)(NCc1cc2ccccc2o1)C(=O)NCc1ccc([N+](=O)[O-])cc1. The van der Waals surface area contributed by atoms with Gasteiger partial charge >= 0.3 is 0 Å². The summed E-state index contributed by atoms with van der Waals surface area (Å²) in [5.74, 6) is 0.562. The van der Waals surface area contributed by atoms with Crippen LogP contribution in [0, 0.1) is 10.1 Å². The molecule has 0 aliphatic carbocycles. The second-order valence-corrected chi connectivity index (χ2v) is 9.08. The van der Waals surface area contributed by atoms with E-state index in [4.69, 9.17) is 4.42 Å². The van der Waals surface area contributed by atoms with Gasteiger partial charge in [0.25, 0.3) is 5.69 Å². The van der Waals surface area contributed by atoms with Crippen LogP contribution in [0.2, 0.25) is 0 Å². The van der Waals surface area contributed by atoms with E-state index in [0.29, 0.717) is 13.0 Å². The van der Waals surface area contributed by atoms with E-state index < -0.39 is 10.5 Å². The molecule has 1 unspecified atom stereocenters. The molecule has 1 amide bonds. The second kappa shape index (κ2) is 9.67. The smallest absolute Gasteiger partial charge is 0.269 e. The Hall–Kier alpha value is -4.43. The number of nitrogens with zero attached hydrogens (tertiary/aromatic N) is 1. The minimum Gasteiger partial charge on any atom is -0.460 e. The molecule has 0 fully saturated rings. The summed E-state index contributed by atoms with van der Waals surface area (Å²) in [5, 5.41) is 19.4. The first-order valence-corrected chi connectivity index (χ1v) is 11.7. The van der Waals surface area contributed by atoms with Gasteiger partial charge < -0.3 is 14.7 Å². The molecular formula is C28H26N4O4. The first-order valence-electron chi connectivity index (χ1n) is 11.7. The van der Waals surface area contributed by atoms with Crippen LogP contribution in [-0.2, 0) is 24.3 Å². The van der Waals surface area contributed by atoms with E-state index in [1.807, 2.05) is 67.7 Å². The number of H-pyrrole nitrogens is 1. The Labute approximate surface area is 207 Å². The molecule has 0 radical (unpaired) electrons. The number of rotatable bonds is 9. The van der Waals surface area contributed by atoms with Crippen molar-refractivity contribution in [1.29, 1.82) is 0 Å². The van der Waals surface area contributed by atoms with Gasteiger partial charge in [-0.25, -0.2) is 0 Å². The van der Waals surface area contributed by atoms with Crippen LogP contribution in [0.4, 0.5) is 5.69 Å². The van der Waals surface area contributed by atoms with E-state index >= 15 is 0 Å². The van der Waals surface area contributed by atoms with Crippen LogP contribution in [0.5, 0.6) is 0 Å². The molecule has 2 heterocycles. The predicted molar refractivity (Wildman–Crippen MR) is 138 cm³/mol. The highest BCUT2D eigenvalue weighted by molar-refractivity contribution is 5.89. The number of carbonyl (C=O) groups excluding carboxylic acids is 1. The summed E-state index contributed by atoms with van der Waals surface area (Å²) in [7, 11) is 0. The third-order valence-corrected chi connectivity index (χ3v) is 6.45. The summed E-state index contributed by atoms with van der Waals surface area (Å²) in [6.07, 6.45) is 2.39. The van der Waals surface area contributed by atoms with Crippen molar-refractivity contribution in [1.82, 2.24) is 15.6 Å². The molecule has 0 aliphatic rings. The van der Waals surface area contributed by atoms with Gasteiger partial charge in [0.1, 0.15) is 11.3 Å². The number of nitro benzene ring substituents is 1. The van der Waals surface area contributed by atoms with Gasteiger partial charge in [-0.2, -0.15) is 0 Å². The zero-order valence-electron chi connectivity index (χ0n) is 19.8. The van der Waals surface area contributed by atoms with E-state index in [-0.39, 0.29) is 18.1 Å². The van der Waals surface area contributed by atoms with Crippen molar-refractivity contribution in [3.63, 3.8) is 0 Å². The van der Waals surface area contributed by atoms with E-state index in [2.05, 4.69) is 15.6 Å². The highest BCUT2D eigenvalue weighted by atomic mass is 16.6. The van der Waals surface area contributed by atoms with Crippen LogP contribution in [0.1, 0.15) is 23.8 Å². The van der Waals surface area contributed by atoms with Crippen LogP contribution in [0.25, 0.3) is 21.9 Å². The minimum absolute atomic E-state index is 0.0155. The number of hydrogen-bond donors (Lipinski definition) is 3. The van der Waals surface area contributed by atoms with E-state index in [0.717, 1.165) is 38.8 Å². The number of benzene rings is 3. The quantitative estimate of drug-likeness (QED) is 0.197. The van der Waals surface area contributed by atoms with Crippen molar-refractivity contribution in [2.45, 2.75) is 32.0 Å². The maximum Gasteiger partial charge on any atom is 0.269 e. The molecule has 5 rings (SSSR count). The number of hydrogen-bond acceptors (Lipinski definition) is 5. The van der Waals surface area contributed by atoms with Crippen LogP contribution in [-0.4, -0.2) is 21.4 Å². The maximum absolute atomic E-state index is 13.5. The fourth-order valence-electron chi connectivity index (χ4n) is 4.40. The van der Waals surface area contributed by atoms with Gasteiger partial charge in [-0.3, -0.25) is 20.2 Å². The Kier molecular flexibility index (Phi) is 6.26. The first kappa shape index (κ1) is 23.3. The van der Waals surface area contributed by atoms with E-state index in [9.17, 15) is 14.9 Å². The van der Waals surface area contributed by atoms with Crippen molar-refractivity contribution < 1.29 is 14.1 Å². The molecule has 0 spiro atoms. The minimum atomic E-state index is -0.954. The number of carbonyl (C=O) groups is 1. The Morgan fingerprint density at radius 1 is 1.03 bits per heavy atom. The predicted octanol–water partition coefficient (Wildman–Crippen LogP) is 5.23. The average Bonchev–Trinajstić information content (AvgIpc) is 3.50. The molecule has 8 nitrogen and oxygen atoms in total. The largest absolute Gasteiger partial charge is 0.460 e. The van der Waals surface area contributed by atoms with Crippen LogP contribution >= 0.6 is 0 Å². The molecule has 182 valence electrons. The topological polar surface area (TPSA) is 113 Å². The molecule has 1 atom stereocenters. The van der Waals surface area contributed by atoms with E-state index in [1.165, 1.54) is 12.1 Å². The summed E-state index contributed by atoms with van der Waals surface area (Å²) >= 11 is 0. The zero-order chi connectivity index (χ0) is 25.1. The lowest BCUT2D eigenvalue weighted by atomic mass is 9.91. The highest BCUT2D eigenvalue weighted by Crippen LogP contribution is 2.25. The molecule has 5 aromatic rings. The highest BCUT2D eigenvalue weighted by Gasteiger charge is 2.34. The number of amides is 1. The number of furan rings is 1. The number of nitrogens with one attached hydrogen (secondary N) is 3. The number of fused-ring (bicyclic) bond motifs is 2. The van der Waals surface area contributed by atoms with Crippen LogP contribution in [0.3, 0.4) is 0 Å². The monoisotopic (exact) mass is 482 g/mol. The molecule has 0 aliphatic heterocycles. The van der Waals surface area contributed by atoms with E-state index in [1.54, 1.807) is 12.1 Å². The summed E-state index contributed by atoms with van der Waals surface area (Å²) in [4.78, 5) is 27.3. The normalized spacial score (nSPS) is 13.0. The number of aromatic amines is 1. The Morgan fingerprint density at radius 3 is 2.56 bits per heavy atom. The number of aromatic nitrogens is 1. The number of para-hydroxylation sites is 2. The van der Waals surface area contributed by atoms with Gasteiger partial charge in [0.15, 0.2) is 0 Å². The molecule has 3 aromatic carbocycles. The summed E-state index contributed by atoms with van der Waals surface area (Å²) in [6.45, 7) is 2.51. The lowest BCUT2D eigenvalue weighted by molar-refractivity contribution is -0.384. The molecule has 8 heteroatoms. The fraction of sp³-hybridized carbons (Fsp3) is 0.179. The lowest BCUT2D eigenvalue weighted by Gasteiger charge is -2.29. The standard InChI is InChI=1S/C28H26N4O4/c1-28(15-21-17-29-25-8-4-3-7-24(21)25,31-18-23-14-20-6-2-5-9-26(20)36-23)27(33)30-16-19-10-12-22(13-11-19)32(34)35/h2-14,17,29,31H,15-16,18H2,1H3,(H,30,33). The molecule has 0 saturated heterocycles. The molecule has 36 heavy (non-hydrogen) atoms. The lowest BCUT2D eigenvalue weighted by Crippen LogP contribution is -2.55. The van der Waals surface area contributed by atoms with Crippen LogP contribution < -0.4 is 10.6 Å². The van der Waals surface area contributed by atoms with Crippen molar-refractivity contribution in [3.05, 3.63) is 112 Å². The molecule has 0 saturated carbocycles. The van der Waals surface area contributed by atoms with Gasteiger partial charge in [-0.15, -0.1) is 0 Å². The summed E-state index contributed by atoms with van der Waals surface area (Å²) in [6, 6.07) is 23.9. The van der Waals surface area contributed by atoms with Crippen LogP contribution in [0.15, 0.2) is 89.5 Å². The summed E-state index contributed by atoms with van der Waals surface area (Å²) < 4.78 is 5.95. The van der Waals surface area contributed by atoms with Crippen molar-refractivity contribution >= 4 is 33.5 Å². The second-order valence-electron chi connectivity index (χ2n) is 9.08. The third kappa shape index (κ3) is 4.85. The fourth-order valence-corrected chi connectivity index (χ4v) is 4.40. The van der Waals surface area contributed by atoms with Crippen molar-refractivity contribution in [2.24, 2.45) is 0 Å². The van der Waals surface area contributed by atoms with Gasteiger partial charge in [0, 0.05) is 47.6 Å². The van der Waals surface area contributed by atoms with Crippen molar-refractivity contribution in [2.75, 3.05) is 0 Å². The van der Waals surface area contributed by atoms with Gasteiger partial charge in [0.2, 0.25) is 5.91 Å². The Balaban J connectivity index is 1.36. The van der Waals surface area contributed by atoms with Gasteiger partial charge in [-0.05, 0) is 36.2 Å². The molecule has 0 bridgehead atoms. The number of non-ortho nitro benzene ring substituents is 1. The maximum atomic E-state index is 13.5. The molecule has 3 N–H and O–H groups in total. The summed E-state index contributed by atoms with van der Waals surface area (Å²) in [5.41, 5.74) is 2.68. The van der Waals surface area contributed by atoms with Gasteiger partial charge in [-0.1, -0.05) is 48.5 Å². The van der Waals surface area contributed by atoms with Gasteiger partial charge in [0.05, 0.1) is 17.0 Å². The molecule has 2 aromatic heterocycles. The van der Waals surface area contributed by atoms with Crippen molar-refractivity contribution in [3.8, 4) is 0 Å². The Morgan fingerprint density at radius 2 is 1.78 bits per heavy atom. The third-order valence-electron chi connectivity index (χ3n) is 6.45. The molecular weight excluding hydrogens is 456 g/mol. The average molecular weight is 483 g/mol.